The molecule has 0 unspecified atom stereocenters. The van der Waals surface area contributed by atoms with Crippen molar-refractivity contribution in [2.45, 2.75) is 24.4 Å². The smallest absolute Gasteiger partial charge is 0.212 e. The Morgan fingerprint density at radius 1 is 0.875 bits per heavy atom. The van der Waals surface area contributed by atoms with E-state index < -0.39 is 0 Å². The van der Waals surface area contributed by atoms with E-state index in [-0.39, 0.29) is 0 Å². The van der Waals surface area contributed by atoms with Gasteiger partial charge in [-0.2, -0.15) is 9.78 Å². The Labute approximate surface area is 208 Å². The Bertz CT molecular complexity index is 1190. The van der Waals surface area contributed by atoms with Crippen molar-refractivity contribution in [1.82, 2.24) is 14.9 Å². The zero-order valence-electron chi connectivity index (χ0n) is 17.3. The third kappa shape index (κ3) is 6.31. The molecule has 32 heavy (non-hydrogen) atoms. The number of halogens is 2. The monoisotopic (exact) mass is 570 g/mol. The zero-order valence-corrected chi connectivity index (χ0v) is 21.3. The van der Waals surface area contributed by atoms with Gasteiger partial charge in [0.25, 0.3) is 0 Å². The van der Waals surface area contributed by atoms with Crippen molar-refractivity contribution < 1.29 is 4.74 Å². The predicted molar refractivity (Wildman–Crippen MR) is 136 cm³/mol. The highest BCUT2D eigenvalue weighted by molar-refractivity contribution is 9.10. The highest BCUT2D eigenvalue weighted by atomic mass is 79.9. The number of benzene rings is 3. The van der Waals surface area contributed by atoms with Crippen LogP contribution in [0.2, 0.25) is 0 Å². The lowest BCUT2D eigenvalue weighted by Crippen LogP contribution is -1.97. The van der Waals surface area contributed by atoms with Crippen LogP contribution in [0.1, 0.15) is 22.5 Å². The minimum absolute atomic E-state index is 0.527. The van der Waals surface area contributed by atoms with Gasteiger partial charge < -0.3 is 4.74 Å². The summed E-state index contributed by atoms with van der Waals surface area (Å²) in [5, 5.41) is 13.8. The minimum atomic E-state index is 0.527. The van der Waals surface area contributed by atoms with E-state index >= 15 is 0 Å². The number of thioether (sulfide) groups is 1. The minimum Gasteiger partial charge on any atom is -0.489 e. The first-order valence-corrected chi connectivity index (χ1v) is 12.4. The van der Waals surface area contributed by atoms with Crippen molar-refractivity contribution in [1.29, 1.82) is 0 Å². The van der Waals surface area contributed by atoms with E-state index in [0.717, 1.165) is 42.6 Å². The summed E-state index contributed by atoms with van der Waals surface area (Å²) in [7, 11) is 0. The van der Waals surface area contributed by atoms with Crippen LogP contribution in [0.5, 0.6) is 5.75 Å². The Morgan fingerprint density at radius 2 is 1.50 bits per heavy atom. The molecular formula is C24H20Br2N4OS. The number of hydrogen-bond donors (Lipinski definition) is 0. The second-order valence-electron chi connectivity index (χ2n) is 6.99. The van der Waals surface area contributed by atoms with Crippen LogP contribution in [0.15, 0.2) is 92.0 Å². The van der Waals surface area contributed by atoms with Crippen LogP contribution < -0.4 is 4.74 Å². The lowest BCUT2D eigenvalue weighted by atomic mass is 10.2. The number of ether oxygens (including phenoxy) is 1. The van der Waals surface area contributed by atoms with Crippen LogP contribution in [0.3, 0.4) is 0 Å². The molecular weight excluding hydrogens is 552 g/mol. The maximum Gasteiger partial charge on any atom is 0.212 e. The van der Waals surface area contributed by atoms with Gasteiger partial charge in [0.15, 0.2) is 5.82 Å². The van der Waals surface area contributed by atoms with Crippen LogP contribution in [-0.2, 0) is 12.4 Å². The van der Waals surface area contributed by atoms with E-state index in [1.165, 1.54) is 5.56 Å². The molecule has 162 valence electrons. The van der Waals surface area contributed by atoms with Crippen molar-refractivity contribution in [3.05, 3.63) is 104 Å². The molecule has 0 radical (unpaired) electrons. The number of aryl methyl sites for hydroxylation is 1. The summed E-state index contributed by atoms with van der Waals surface area (Å²) in [5.41, 5.74) is 3.31. The van der Waals surface area contributed by atoms with E-state index in [0.29, 0.717) is 6.61 Å². The zero-order chi connectivity index (χ0) is 22.3. The van der Waals surface area contributed by atoms with Crippen molar-refractivity contribution in [2.24, 2.45) is 5.10 Å². The number of rotatable bonds is 8. The molecule has 8 heteroatoms. The van der Waals surface area contributed by atoms with Gasteiger partial charge in [-0.05, 0) is 72.1 Å². The standard InChI is InChI=1S/C24H20Br2N4OS/c1-17-28-29-24(32-16-20-4-10-22(26)11-5-20)30(17)27-14-18-6-12-23(13-7-18)31-15-19-2-8-21(25)9-3-19/h2-14H,15-16H2,1H3/b27-14+. The summed E-state index contributed by atoms with van der Waals surface area (Å²) in [6.07, 6.45) is 1.80. The van der Waals surface area contributed by atoms with Crippen molar-refractivity contribution >= 4 is 49.8 Å². The van der Waals surface area contributed by atoms with Crippen LogP contribution in [0.25, 0.3) is 0 Å². The van der Waals surface area contributed by atoms with Gasteiger partial charge in [-0.15, -0.1) is 10.2 Å². The molecule has 3 aromatic carbocycles. The molecule has 0 fully saturated rings. The molecule has 5 nitrogen and oxygen atoms in total. The van der Waals surface area contributed by atoms with Crippen LogP contribution >= 0.6 is 43.6 Å². The Kier molecular flexibility index (Phi) is 7.78. The molecule has 4 rings (SSSR count). The van der Waals surface area contributed by atoms with E-state index in [2.05, 4.69) is 59.3 Å². The summed E-state index contributed by atoms with van der Waals surface area (Å²) >= 11 is 8.51. The fourth-order valence-corrected chi connectivity index (χ4v) is 4.23. The van der Waals surface area contributed by atoms with Crippen LogP contribution in [0.4, 0.5) is 0 Å². The third-order valence-corrected chi connectivity index (χ3v) is 6.62. The van der Waals surface area contributed by atoms with Crippen LogP contribution in [0, 0.1) is 6.92 Å². The van der Waals surface area contributed by atoms with E-state index in [4.69, 9.17) is 4.74 Å². The van der Waals surface area contributed by atoms with Gasteiger partial charge in [0.05, 0.1) is 6.21 Å². The van der Waals surface area contributed by atoms with Crippen molar-refractivity contribution in [3.63, 3.8) is 0 Å². The van der Waals surface area contributed by atoms with Gasteiger partial charge in [0.2, 0.25) is 5.16 Å². The SMILES string of the molecule is Cc1nnc(SCc2ccc(Br)cc2)n1/N=C/c1ccc(OCc2ccc(Br)cc2)cc1. The second kappa shape index (κ2) is 10.9. The van der Waals surface area contributed by atoms with Crippen LogP contribution in [-0.4, -0.2) is 21.1 Å². The number of aromatic nitrogens is 3. The fourth-order valence-electron chi connectivity index (χ4n) is 2.81. The summed E-state index contributed by atoms with van der Waals surface area (Å²) < 4.78 is 9.76. The van der Waals surface area contributed by atoms with Gasteiger partial charge >= 0.3 is 0 Å². The number of nitrogens with zero attached hydrogens (tertiary/aromatic N) is 4. The summed E-state index contributed by atoms with van der Waals surface area (Å²) in [6.45, 7) is 2.42. The number of hydrogen-bond acceptors (Lipinski definition) is 5. The molecule has 1 aromatic heterocycles. The van der Waals surface area contributed by atoms with Crippen molar-refractivity contribution in [3.8, 4) is 5.75 Å². The lowest BCUT2D eigenvalue weighted by molar-refractivity contribution is 0.306. The normalized spacial score (nSPS) is 11.2. The molecule has 0 bridgehead atoms. The molecule has 0 saturated heterocycles. The Balaban J connectivity index is 1.37. The molecule has 0 atom stereocenters. The second-order valence-corrected chi connectivity index (χ2v) is 9.76. The quantitative estimate of drug-likeness (QED) is 0.171. The molecule has 0 spiro atoms. The molecule has 0 amide bonds. The Morgan fingerprint density at radius 3 is 2.16 bits per heavy atom. The van der Waals surface area contributed by atoms with Gasteiger partial charge in [-0.1, -0.05) is 67.9 Å². The topological polar surface area (TPSA) is 52.3 Å². The Hall–Kier alpha value is -2.42. The first-order chi connectivity index (χ1) is 15.6. The van der Waals surface area contributed by atoms with Gasteiger partial charge in [-0.25, -0.2) is 0 Å². The highest BCUT2D eigenvalue weighted by Gasteiger charge is 2.09. The van der Waals surface area contributed by atoms with E-state index in [1.54, 1.807) is 22.7 Å². The summed E-state index contributed by atoms with van der Waals surface area (Å²) in [6, 6.07) is 24.2. The average molecular weight is 572 g/mol. The first-order valence-electron chi connectivity index (χ1n) is 9.88. The molecule has 0 saturated carbocycles. The van der Waals surface area contributed by atoms with Gasteiger partial charge in [-0.3, -0.25) is 0 Å². The molecule has 0 aliphatic rings. The molecule has 0 aliphatic carbocycles. The first kappa shape index (κ1) is 22.8. The maximum atomic E-state index is 5.87. The van der Waals surface area contributed by atoms with Gasteiger partial charge in [0.1, 0.15) is 12.4 Å². The van der Waals surface area contributed by atoms with Crippen molar-refractivity contribution in [2.75, 3.05) is 0 Å². The molecule has 0 aliphatic heterocycles. The summed E-state index contributed by atoms with van der Waals surface area (Å²) in [5.74, 6) is 2.36. The molecule has 4 aromatic rings. The molecule has 0 N–H and O–H groups in total. The largest absolute Gasteiger partial charge is 0.489 e. The molecule has 1 heterocycles. The maximum absolute atomic E-state index is 5.87. The summed E-state index contributed by atoms with van der Waals surface area (Å²) in [4.78, 5) is 0. The predicted octanol–water partition coefficient (Wildman–Crippen LogP) is 6.87. The van der Waals surface area contributed by atoms with E-state index in [1.807, 2.05) is 67.6 Å². The average Bonchev–Trinajstić information content (AvgIpc) is 3.17. The fraction of sp³-hybridized carbons (Fsp3) is 0.125. The lowest BCUT2D eigenvalue weighted by Gasteiger charge is -2.07. The third-order valence-electron chi connectivity index (χ3n) is 4.57. The van der Waals surface area contributed by atoms with E-state index in [9.17, 15) is 0 Å². The van der Waals surface area contributed by atoms with Gasteiger partial charge in [0, 0.05) is 14.7 Å². The highest BCUT2D eigenvalue weighted by Crippen LogP contribution is 2.23.